The van der Waals surface area contributed by atoms with Crippen LogP contribution in [0.1, 0.15) is 11.1 Å². The normalized spacial score (nSPS) is 12.2. The first kappa shape index (κ1) is 25.4. The Balaban J connectivity index is 2.10. The summed E-state index contributed by atoms with van der Waals surface area (Å²) in [6.07, 6.45) is -3.08. The molecule has 0 spiro atoms. The van der Waals surface area contributed by atoms with E-state index in [0.717, 1.165) is 6.08 Å². The molecule has 1 heterocycles. The minimum atomic E-state index is -4.66. The van der Waals surface area contributed by atoms with Crippen LogP contribution >= 0.6 is 23.2 Å². The molecule has 0 amide bonds. The Morgan fingerprint density at radius 2 is 1.82 bits per heavy atom. The number of hydrogen-bond donors (Lipinski definition) is 0. The molecule has 0 saturated carbocycles. The summed E-state index contributed by atoms with van der Waals surface area (Å²) in [7, 11) is -2.93. The summed E-state index contributed by atoms with van der Waals surface area (Å²) in [6.45, 7) is 0. The molecule has 0 unspecified atom stereocenters. The summed E-state index contributed by atoms with van der Waals surface area (Å²) < 4.78 is 75.4. The van der Waals surface area contributed by atoms with E-state index >= 15 is 0 Å². The lowest BCUT2D eigenvalue weighted by molar-refractivity contribution is -0.137. The molecule has 3 rings (SSSR count). The summed E-state index contributed by atoms with van der Waals surface area (Å²) in [4.78, 5) is 2.82. The number of nitriles is 1. The summed E-state index contributed by atoms with van der Waals surface area (Å²) in [5.41, 5.74) is -1.00. The van der Waals surface area contributed by atoms with E-state index in [0.29, 0.717) is 17.3 Å². The van der Waals surface area contributed by atoms with Gasteiger partial charge in [0.1, 0.15) is 16.0 Å². The monoisotopic (exact) mass is 528 g/mol. The van der Waals surface area contributed by atoms with Gasteiger partial charge in [-0.1, -0.05) is 35.3 Å². The van der Waals surface area contributed by atoms with E-state index in [-0.39, 0.29) is 27.8 Å². The maximum absolute atomic E-state index is 12.9. The Kier molecular flexibility index (Phi) is 7.41. The number of para-hydroxylation sites is 1. The zero-order valence-corrected chi connectivity index (χ0v) is 19.4. The second kappa shape index (κ2) is 9.93. The van der Waals surface area contributed by atoms with Crippen molar-refractivity contribution in [3.63, 3.8) is 0 Å². The fourth-order valence-electron chi connectivity index (χ4n) is 2.72. The van der Waals surface area contributed by atoms with Gasteiger partial charge in [0.2, 0.25) is 15.7 Å². The van der Waals surface area contributed by atoms with Gasteiger partial charge in [-0.15, -0.1) is 0 Å². The lowest BCUT2D eigenvalue weighted by Gasteiger charge is -2.14. The third-order valence-corrected chi connectivity index (χ3v) is 6.58. The lowest BCUT2D eigenvalue weighted by Crippen LogP contribution is -2.06. The highest BCUT2D eigenvalue weighted by Crippen LogP contribution is 2.40. The second-order valence-electron chi connectivity index (χ2n) is 6.57. The van der Waals surface area contributed by atoms with E-state index < -0.39 is 31.5 Å². The van der Waals surface area contributed by atoms with Crippen molar-refractivity contribution in [2.24, 2.45) is 0 Å². The van der Waals surface area contributed by atoms with Gasteiger partial charge in [-0.05, 0) is 42.5 Å². The third-order valence-electron chi connectivity index (χ3n) is 4.37. The first-order chi connectivity index (χ1) is 16.0. The fraction of sp³-hybridized carbons (Fsp3) is 0.0909. The second-order valence-corrected chi connectivity index (χ2v) is 9.33. The standard InChI is InChI=1S/C22H13Cl2F3N2O4S/c1-32-19-4-2-3-13(9-17(11-28)34(30,31)16-7-5-15(23)6-8-16)20(19)33-21-18(24)10-14(12-29-21)22(25,26)27/h2-10,12H,1H3. The Bertz CT molecular complexity index is 1400. The average molecular weight is 529 g/mol. The third kappa shape index (κ3) is 5.44. The number of alkyl halides is 3. The molecule has 0 aliphatic carbocycles. The molecule has 12 heteroatoms. The van der Waals surface area contributed by atoms with E-state index in [9.17, 15) is 26.9 Å². The molecule has 0 atom stereocenters. The summed E-state index contributed by atoms with van der Waals surface area (Å²) in [5, 5.41) is 9.43. The van der Waals surface area contributed by atoms with Gasteiger partial charge in [0, 0.05) is 16.8 Å². The predicted molar refractivity (Wildman–Crippen MR) is 120 cm³/mol. The molecule has 0 saturated heterocycles. The highest BCUT2D eigenvalue weighted by atomic mass is 35.5. The Morgan fingerprint density at radius 3 is 2.38 bits per heavy atom. The van der Waals surface area contributed by atoms with E-state index in [1.807, 2.05) is 0 Å². The SMILES string of the molecule is COc1cccc(C=C(C#N)S(=O)(=O)c2ccc(Cl)cc2)c1Oc1ncc(C(F)(F)F)cc1Cl. The molecule has 0 radical (unpaired) electrons. The van der Waals surface area contributed by atoms with Crippen molar-refractivity contribution in [3.05, 3.63) is 80.8 Å². The maximum Gasteiger partial charge on any atom is 0.417 e. The molecule has 6 nitrogen and oxygen atoms in total. The van der Waals surface area contributed by atoms with Crippen LogP contribution in [0, 0.1) is 11.3 Å². The topological polar surface area (TPSA) is 89.3 Å². The van der Waals surface area contributed by atoms with Gasteiger partial charge in [0.05, 0.1) is 17.6 Å². The largest absolute Gasteiger partial charge is 0.493 e. The van der Waals surface area contributed by atoms with E-state index in [1.165, 1.54) is 49.6 Å². The van der Waals surface area contributed by atoms with Gasteiger partial charge >= 0.3 is 6.18 Å². The number of benzene rings is 2. The number of aromatic nitrogens is 1. The number of halogens is 5. The van der Waals surface area contributed by atoms with Crippen molar-refractivity contribution in [3.8, 4) is 23.4 Å². The molecule has 176 valence electrons. The minimum absolute atomic E-state index is 0.0752. The van der Waals surface area contributed by atoms with Gasteiger partial charge in [0.25, 0.3) is 0 Å². The quantitative estimate of drug-likeness (QED) is 0.337. The van der Waals surface area contributed by atoms with Gasteiger partial charge in [-0.2, -0.15) is 18.4 Å². The van der Waals surface area contributed by atoms with Gasteiger partial charge in [-0.25, -0.2) is 13.4 Å². The molecule has 0 aliphatic rings. The molecule has 2 aromatic carbocycles. The van der Waals surface area contributed by atoms with Crippen molar-refractivity contribution < 1.29 is 31.1 Å². The minimum Gasteiger partial charge on any atom is -0.493 e. The Hall–Kier alpha value is -3.26. The highest BCUT2D eigenvalue weighted by molar-refractivity contribution is 7.95. The van der Waals surface area contributed by atoms with Crippen LogP contribution in [0.25, 0.3) is 6.08 Å². The molecular weight excluding hydrogens is 516 g/mol. The van der Waals surface area contributed by atoms with Crippen molar-refractivity contribution in [2.75, 3.05) is 7.11 Å². The fourth-order valence-corrected chi connectivity index (χ4v) is 4.20. The van der Waals surface area contributed by atoms with Crippen LogP contribution in [0.3, 0.4) is 0 Å². The zero-order chi connectivity index (χ0) is 25.1. The molecule has 0 aliphatic heterocycles. The molecule has 1 aromatic heterocycles. The lowest BCUT2D eigenvalue weighted by atomic mass is 10.1. The first-order valence-corrected chi connectivity index (χ1v) is 11.4. The number of ether oxygens (including phenoxy) is 2. The average Bonchev–Trinajstić information content (AvgIpc) is 2.78. The summed E-state index contributed by atoms with van der Waals surface area (Å²) in [5.74, 6) is -0.404. The van der Waals surface area contributed by atoms with Crippen LogP contribution in [-0.2, 0) is 16.0 Å². The number of pyridine rings is 1. The zero-order valence-electron chi connectivity index (χ0n) is 17.1. The predicted octanol–water partition coefficient (Wildman–Crippen LogP) is 6.55. The van der Waals surface area contributed by atoms with E-state index in [2.05, 4.69) is 4.98 Å². The Labute approximate surface area is 202 Å². The van der Waals surface area contributed by atoms with Gasteiger partial charge in [-0.3, -0.25) is 0 Å². The summed E-state index contributed by atoms with van der Waals surface area (Å²) in [6, 6.07) is 11.9. The number of methoxy groups -OCH3 is 1. The van der Waals surface area contributed by atoms with E-state index in [1.54, 1.807) is 6.07 Å². The van der Waals surface area contributed by atoms with Crippen molar-refractivity contribution in [1.82, 2.24) is 4.98 Å². The number of allylic oxidation sites excluding steroid dienone is 1. The molecule has 34 heavy (non-hydrogen) atoms. The van der Waals surface area contributed by atoms with Crippen LogP contribution < -0.4 is 9.47 Å². The number of nitrogens with zero attached hydrogens (tertiary/aromatic N) is 2. The molecule has 3 aromatic rings. The molecule has 0 N–H and O–H groups in total. The smallest absolute Gasteiger partial charge is 0.417 e. The van der Waals surface area contributed by atoms with Crippen molar-refractivity contribution in [1.29, 1.82) is 5.26 Å². The van der Waals surface area contributed by atoms with Crippen LogP contribution in [-0.4, -0.2) is 20.5 Å². The van der Waals surface area contributed by atoms with Crippen LogP contribution in [0.5, 0.6) is 17.4 Å². The van der Waals surface area contributed by atoms with Crippen LogP contribution in [0.15, 0.2) is 64.5 Å². The number of hydrogen-bond acceptors (Lipinski definition) is 6. The maximum atomic E-state index is 12.9. The summed E-state index contributed by atoms with van der Waals surface area (Å²) >= 11 is 11.7. The molecular formula is C22H13Cl2F3N2O4S. The first-order valence-electron chi connectivity index (χ1n) is 9.17. The van der Waals surface area contributed by atoms with E-state index in [4.69, 9.17) is 32.7 Å². The van der Waals surface area contributed by atoms with Crippen LogP contribution in [0.4, 0.5) is 13.2 Å². The van der Waals surface area contributed by atoms with Gasteiger partial charge < -0.3 is 9.47 Å². The van der Waals surface area contributed by atoms with Crippen molar-refractivity contribution in [2.45, 2.75) is 11.1 Å². The number of sulfone groups is 1. The Morgan fingerprint density at radius 1 is 1.15 bits per heavy atom. The van der Waals surface area contributed by atoms with Crippen LogP contribution in [0.2, 0.25) is 10.0 Å². The highest BCUT2D eigenvalue weighted by Gasteiger charge is 2.32. The molecule has 0 fully saturated rings. The molecule has 0 bridgehead atoms. The van der Waals surface area contributed by atoms with Gasteiger partial charge in [0.15, 0.2) is 11.5 Å². The number of rotatable bonds is 6. The van der Waals surface area contributed by atoms with Crippen molar-refractivity contribution >= 4 is 39.1 Å².